The van der Waals surface area contributed by atoms with Crippen molar-refractivity contribution in [3.63, 3.8) is 0 Å². The van der Waals surface area contributed by atoms with Crippen LogP contribution in [-0.2, 0) is 6.54 Å². The number of hydrogen-bond acceptors (Lipinski definition) is 3. The lowest BCUT2D eigenvalue weighted by Crippen LogP contribution is -2.11. The fourth-order valence-corrected chi connectivity index (χ4v) is 3.54. The molecule has 1 aromatic carbocycles. The van der Waals surface area contributed by atoms with Crippen molar-refractivity contribution in [2.24, 2.45) is 0 Å². The molecule has 0 amide bonds. The number of hydrogen-bond donors (Lipinski definition) is 1. The highest BCUT2D eigenvalue weighted by Crippen LogP contribution is 2.29. The summed E-state index contributed by atoms with van der Waals surface area (Å²) in [7, 11) is 0. The first-order chi connectivity index (χ1) is 9.61. The summed E-state index contributed by atoms with van der Waals surface area (Å²) in [6, 6.07) is 8.09. The number of halogens is 2. The molecular formula is C14H16Br2N2OS. The number of aliphatic hydroxyl groups is 1. The molecule has 1 unspecified atom stereocenters. The largest absolute Gasteiger partial charge is 0.386 e. The number of aryl methyl sites for hydroxylation is 1. The number of nitrogens with zero attached hydrogens (tertiary/aromatic N) is 2. The Bertz CT molecular complexity index is 557. The molecule has 0 saturated carbocycles. The van der Waals surface area contributed by atoms with Crippen molar-refractivity contribution in [1.82, 2.24) is 9.78 Å². The lowest BCUT2D eigenvalue weighted by Gasteiger charge is -2.13. The van der Waals surface area contributed by atoms with E-state index in [4.69, 9.17) is 0 Å². The first-order valence-corrected chi connectivity index (χ1v) is 8.96. The van der Waals surface area contributed by atoms with Gasteiger partial charge in [0.15, 0.2) is 0 Å². The SMILES string of the molecule is CCCn1ncc(Br)c1C(O)CSc1ccc(Br)cc1. The minimum Gasteiger partial charge on any atom is -0.386 e. The van der Waals surface area contributed by atoms with Crippen molar-refractivity contribution in [3.8, 4) is 0 Å². The molecule has 0 spiro atoms. The lowest BCUT2D eigenvalue weighted by molar-refractivity contribution is 0.190. The zero-order valence-electron chi connectivity index (χ0n) is 11.1. The Kier molecular flexibility index (Phi) is 6.14. The topological polar surface area (TPSA) is 38.0 Å². The molecule has 0 aliphatic rings. The van der Waals surface area contributed by atoms with Gasteiger partial charge in [0.1, 0.15) is 6.10 Å². The molecule has 108 valence electrons. The average molecular weight is 420 g/mol. The third kappa shape index (κ3) is 4.10. The Balaban J connectivity index is 2.02. The molecule has 0 saturated heterocycles. The predicted molar refractivity (Wildman–Crippen MR) is 90.0 cm³/mol. The quantitative estimate of drug-likeness (QED) is 0.692. The van der Waals surface area contributed by atoms with E-state index >= 15 is 0 Å². The fraction of sp³-hybridized carbons (Fsp3) is 0.357. The van der Waals surface area contributed by atoms with E-state index in [0.717, 1.165) is 32.5 Å². The van der Waals surface area contributed by atoms with E-state index in [1.165, 1.54) is 0 Å². The summed E-state index contributed by atoms with van der Waals surface area (Å²) in [5.74, 6) is 0.607. The maximum atomic E-state index is 10.4. The second-order valence-electron chi connectivity index (χ2n) is 4.38. The maximum absolute atomic E-state index is 10.4. The van der Waals surface area contributed by atoms with Gasteiger partial charge in [0, 0.05) is 21.7 Å². The molecule has 0 aliphatic carbocycles. The second kappa shape index (κ2) is 7.64. The average Bonchev–Trinajstić information content (AvgIpc) is 2.79. The summed E-state index contributed by atoms with van der Waals surface area (Å²) >= 11 is 8.52. The van der Waals surface area contributed by atoms with E-state index in [2.05, 4.69) is 43.9 Å². The van der Waals surface area contributed by atoms with E-state index in [9.17, 15) is 5.11 Å². The van der Waals surface area contributed by atoms with Gasteiger partial charge in [0.05, 0.1) is 16.4 Å². The van der Waals surface area contributed by atoms with Crippen molar-refractivity contribution < 1.29 is 5.11 Å². The number of benzene rings is 1. The third-order valence-corrected chi connectivity index (χ3v) is 5.03. The van der Waals surface area contributed by atoms with Gasteiger partial charge in [0.2, 0.25) is 0 Å². The number of aliphatic hydroxyl groups excluding tert-OH is 1. The van der Waals surface area contributed by atoms with Crippen molar-refractivity contribution in [3.05, 3.63) is 45.1 Å². The van der Waals surface area contributed by atoms with Crippen LogP contribution in [0.25, 0.3) is 0 Å². The molecular weight excluding hydrogens is 404 g/mol. The summed E-state index contributed by atoms with van der Waals surface area (Å²) in [6.07, 6.45) is 2.21. The van der Waals surface area contributed by atoms with Crippen molar-refractivity contribution in [1.29, 1.82) is 0 Å². The molecule has 3 nitrogen and oxygen atoms in total. The molecule has 0 radical (unpaired) electrons. The molecule has 1 N–H and O–H groups in total. The molecule has 0 bridgehead atoms. The van der Waals surface area contributed by atoms with Gasteiger partial charge < -0.3 is 5.11 Å². The van der Waals surface area contributed by atoms with Crippen LogP contribution in [0.3, 0.4) is 0 Å². The van der Waals surface area contributed by atoms with E-state index in [1.807, 2.05) is 28.9 Å². The van der Waals surface area contributed by atoms with E-state index < -0.39 is 6.10 Å². The van der Waals surface area contributed by atoms with Crippen LogP contribution < -0.4 is 0 Å². The van der Waals surface area contributed by atoms with Gasteiger partial charge >= 0.3 is 0 Å². The van der Waals surface area contributed by atoms with Gasteiger partial charge in [-0.25, -0.2) is 0 Å². The Hall–Kier alpha value is -0.300. The molecule has 1 atom stereocenters. The summed E-state index contributed by atoms with van der Waals surface area (Å²) in [5.41, 5.74) is 0.858. The first kappa shape index (κ1) is 16.1. The van der Waals surface area contributed by atoms with Crippen LogP contribution >= 0.6 is 43.6 Å². The molecule has 0 fully saturated rings. The first-order valence-electron chi connectivity index (χ1n) is 6.39. The van der Waals surface area contributed by atoms with Crippen LogP contribution in [0, 0.1) is 0 Å². The van der Waals surface area contributed by atoms with Crippen LogP contribution in [0.1, 0.15) is 25.1 Å². The highest BCUT2D eigenvalue weighted by atomic mass is 79.9. The third-order valence-electron chi connectivity index (χ3n) is 2.81. The minimum atomic E-state index is -0.535. The molecule has 2 aromatic rings. The molecule has 1 aromatic heterocycles. The zero-order chi connectivity index (χ0) is 14.5. The highest BCUT2D eigenvalue weighted by molar-refractivity contribution is 9.10. The Morgan fingerprint density at radius 3 is 2.65 bits per heavy atom. The monoisotopic (exact) mass is 418 g/mol. The molecule has 1 heterocycles. The number of aromatic nitrogens is 2. The van der Waals surface area contributed by atoms with Crippen molar-refractivity contribution >= 4 is 43.6 Å². The smallest absolute Gasteiger partial charge is 0.106 e. The predicted octanol–water partition coefficient (Wildman–Crippen LogP) is 4.64. The fourth-order valence-electron chi connectivity index (χ4n) is 1.88. The second-order valence-corrected chi connectivity index (χ2v) is 7.25. The molecule has 20 heavy (non-hydrogen) atoms. The van der Waals surface area contributed by atoms with Crippen LogP contribution in [0.15, 0.2) is 44.3 Å². The van der Waals surface area contributed by atoms with Crippen LogP contribution in [0.5, 0.6) is 0 Å². The van der Waals surface area contributed by atoms with Gasteiger partial charge in [-0.15, -0.1) is 11.8 Å². The lowest BCUT2D eigenvalue weighted by atomic mass is 10.3. The number of thioether (sulfide) groups is 1. The Labute approximate surface area is 140 Å². The zero-order valence-corrected chi connectivity index (χ0v) is 15.1. The van der Waals surface area contributed by atoms with Crippen LogP contribution in [0.4, 0.5) is 0 Å². The van der Waals surface area contributed by atoms with E-state index in [-0.39, 0.29) is 0 Å². The van der Waals surface area contributed by atoms with Crippen LogP contribution in [-0.4, -0.2) is 20.6 Å². The summed E-state index contributed by atoms with van der Waals surface area (Å²) in [6.45, 7) is 2.92. The summed E-state index contributed by atoms with van der Waals surface area (Å²) in [4.78, 5) is 1.14. The minimum absolute atomic E-state index is 0.535. The standard InChI is InChI=1S/C14H16Br2N2OS/c1-2-7-18-14(12(16)8-17-18)13(19)9-20-11-5-3-10(15)4-6-11/h3-6,8,13,19H,2,7,9H2,1H3. The van der Waals surface area contributed by atoms with E-state index in [0.29, 0.717) is 5.75 Å². The van der Waals surface area contributed by atoms with Gasteiger partial charge in [-0.2, -0.15) is 5.10 Å². The Morgan fingerprint density at radius 2 is 2.00 bits per heavy atom. The van der Waals surface area contributed by atoms with Gasteiger partial charge in [-0.3, -0.25) is 4.68 Å². The highest BCUT2D eigenvalue weighted by Gasteiger charge is 2.17. The van der Waals surface area contributed by atoms with Gasteiger partial charge in [0.25, 0.3) is 0 Å². The number of rotatable bonds is 6. The molecule has 6 heteroatoms. The van der Waals surface area contributed by atoms with Gasteiger partial charge in [-0.1, -0.05) is 22.9 Å². The summed E-state index contributed by atoms with van der Waals surface area (Å²) < 4.78 is 3.80. The maximum Gasteiger partial charge on any atom is 0.106 e. The van der Waals surface area contributed by atoms with Crippen molar-refractivity contribution in [2.45, 2.75) is 30.9 Å². The Morgan fingerprint density at radius 1 is 1.30 bits per heavy atom. The van der Waals surface area contributed by atoms with Gasteiger partial charge in [-0.05, 0) is 46.6 Å². The van der Waals surface area contributed by atoms with E-state index in [1.54, 1.807) is 18.0 Å². The molecule has 2 rings (SSSR count). The normalized spacial score (nSPS) is 12.6. The molecule has 0 aliphatic heterocycles. The summed E-state index contributed by atoms with van der Waals surface area (Å²) in [5, 5.41) is 14.7. The van der Waals surface area contributed by atoms with Crippen LogP contribution in [0.2, 0.25) is 0 Å². The van der Waals surface area contributed by atoms with Crippen molar-refractivity contribution in [2.75, 3.05) is 5.75 Å².